The molecule has 4 rings (SSSR count). The molecule has 0 atom stereocenters. The Labute approximate surface area is 149 Å². The van der Waals surface area contributed by atoms with Crippen molar-refractivity contribution < 1.29 is 4.79 Å². The van der Waals surface area contributed by atoms with Crippen LogP contribution in [0.3, 0.4) is 0 Å². The van der Waals surface area contributed by atoms with Gasteiger partial charge in [-0.15, -0.1) is 11.3 Å². The van der Waals surface area contributed by atoms with E-state index in [0.717, 1.165) is 48.7 Å². The summed E-state index contributed by atoms with van der Waals surface area (Å²) in [5, 5.41) is 5.02. The number of hydrogen-bond donors (Lipinski definition) is 2. The van der Waals surface area contributed by atoms with Crippen LogP contribution in [0.15, 0.2) is 16.2 Å². The molecule has 0 saturated heterocycles. The second kappa shape index (κ2) is 6.44. The lowest BCUT2D eigenvalue weighted by molar-refractivity contribution is -0.126. The van der Waals surface area contributed by atoms with Gasteiger partial charge in [0.15, 0.2) is 4.77 Å². The number of aromatic amines is 1. The monoisotopic (exact) mass is 363 g/mol. The number of fused-ring (bicyclic) bond motifs is 1. The molecule has 7 heteroatoms. The van der Waals surface area contributed by atoms with Crippen LogP contribution in [-0.2, 0) is 11.3 Å². The van der Waals surface area contributed by atoms with E-state index < -0.39 is 0 Å². The first kappa shape index (κ1) is 16.0. The Bertz CT molecular complexity index is 870. The number of amides is 1. The highest BCUT2D eigenvalue weighted by molar-refractivity contribution is 7.71. The second-order valence-corrected chi connectivity index (χ2v) is 8.31. The third-order valence-electron chi connectivity index (χ3n) is 5.17. The van der Waals surface area contributed by atoms with E-state index in [4.69, 9.17) is 12.2 Å². The Kier molecular flexibility index (Phi) is 4.30. The number of thiophene rings is 1. The van der Waals surface area contributed by atoms with Crippen molar-refractivity contribution >= 4 is 39.7 Å². The Balaban J connectivity index is 1.43. The van der Waals surface area contributed by atoms with Gasteiger partial charge in [0.05, 0.1) is 5.52 Å². The number of rotatable bonds is 4. The van der Waals surface area contributed by atoms with Crippen molar-refractivity contribution in [3.63, 3.8) is 0 Å². The standard InChI is InChI=1S/C17H21N3O2S2/c21-15(18-12-5-6-12)11-3-1-10(2-4-11)9-20-16(22)14-13(7-8-24-14)19-17(20)23/h7-8,10-12H,1-6,9H2,(H,18,21)(H,19,23). The molecule has 1 amide bonds. The molecule has 2 heterocycles. The molecular formula is C17H21N3O2S2. The van der Waals surface area contributed by atoms with Gasteiger partial charge in [0.25, 0.3) is 5.56 Å². The molecule has 2 aromatic heterocycles. The smallest absolute Gasteiger partial charge is 0.272 e. The molecule has 2 fully saturated rings. The maximum Gasteiger partial charge on any atom is 0.272 e. The molecule has 0 unspecified atom stereocenters. The summed E-state index contributed by atoms with van der Waals surface area (Å²) in [7, 11) is 0. The van der Waals surface area contributed by atoms with Gasteiger partial charge in [-0.05, 0) is 68.1 Å². The van der Waals surface area contributed by atoms with Crippen LogP contribution in [0.5, 0.6) is 0 Å². The highest BCUT2D eigenvalue weighted by Gasteiger charge is 2.30. The lowest BCUT2D eigenvalue weighted by Gasteiger charge is -2.28. The fourth-order valence-corrected chi connectivity index (χ4v) is 4.61. The first-order valence-corrected chi connectivity index (χ1v) is 9.91. The van der Waals surface area contributed by atoms with E-state index >= 15 is 0 Å². The van der Waals surface area contributed by atoms with Gasteiger partial charge in [0.1, 0.15) is 4.70 Å². The molecule has 0 radical (unpaired) electrons. The van der Waals surface area contributed by atoms with Gasteiger partial charge in [-0.3, -0.25) is 14.2 Å². The third kappa shape index (κ3) is 3.19. The summed E-state index contributed by atoms with van der Waals surface area (Å²) in [5.74, 6) is 0.790. The number of carbonyl (C=O) groups is 1. The Morgan fingerprint density at radius 3 is 2.75 bits per heavy atom. The number of hydrogen-bond acceptors (Lipinski definition) is 4. The number of nitrogens with zero attached hydrogens (tertiary/aromatic N) is 1. The highest BCUT2D eigenvalue weighted by Crippen LogP contribution is 2.31. The van der Waals surface area contributed by atoms with E-state index in [0.29, 0.717) is 23.3 Å². The van der Waals surface area contributed by atoms with Crippen molar-refractivity contribution in [3.05, 3.63) is 26.6 Å². The van der Waals surface area contributed by atoms with Crippen molar-refractivity contribution in [2.24, 2.45) is 11.8 Å². The molecule has 5 nitrogen and oxygen atoms in total. The summed E-state index contributed by atoms with van der Waals surface area (Å²) in [6.07, 6.45) is 6.05. The van der Waals surface area contributed by atoms with Crippen LogP contribution in [0, 0.1) is 16.6 Å². The minimum atomic E-state index is 0.0114. The Morgan fingerprint density at radius 2 is 2.04 bits per heavy atom. The molecule has 2 N–H and O–H groups in total. The molecule has 24 heavy (non-hydrogen) atoms. The van der Waals surface area contributed by atoms with Crippen molar-refractivity contribution in [2.75, 3.05) is 0 Å². The lowest BCUT2D eigenvalue weighted by atomic mass is 9.81. The summed E-state index contributed by atoms with van der Waals surface area (Å²) in [5.41, 5.74) is 0.837. The van der Waals surface area contributed by atoms with E-state index in [1.807, 2.05) is 11.4 Å². The summed E-state index contributed by atoms with van der Waals surface area (Å²) in [4.78, 5) is 27.9. The van der Waals surface area contributed by atoms with Gasteiger partial charge in [-0.1, -0.05) is 0 Å². The first-order chi connectivity index (χ1) is 11.6. The van der Waals surface area contributed by atoms with Gasteiger partial charge in [0, 0.05) is 18.5 Å². The van der Waals surface area contributed by atoms with E-state index in [-0.39, 0.29) is 17.4 Å². The van der Waals surface area contributed by atoms with Crippen molar-refractivity contribution in [3.8, 4) is 0 Å². The zero-order valence-electron chi connectivity index (χ0n) is 13.4. The minimum absolute atomic E-state index is 0.0114. The largest absolute Gasteiger partial charge is 0.353 e. The van der Waals surface area contributed by atoms with Crippen LogP contribution >= 0.6 is 23.6 Å². The molecule has 2 aliphatic rings. The predicted octanol–water partition coefficient (Wildman–Crippen LogP) is 3.21. The van der Waals surface area contributed by atoms with E-state index in [9.17, 15) is 9.59 Å². The number of nitrogens with one attached hydrogen (secondary N) is 2. The van der Waals surface area contributed by atoms with Gasteiger partial charge < -0.3 is 10.3 Å². The zero-order chi connectivity index (χ0) is 16.7. The minimum Gasteiger partial charge on any atom is -0.353 e. The lowest BCUT2D eigenvalue weighted by Crippen LogP contribution is -2.35. The fraction of sp³-hybridized carbons (Fsp3) is 0.588. The van der Waals surface area contributed by atoms with Crippen LogP contribution in [0.1, 0.15) is 38.5 Å². The van der Waals surface area contributed by atoms with E-state index in [2.05, 4.69) is 10.3 Å². The highest BCUT2D eigenvalue weighted by atomic mass is 32.1. The summed E-state index contributed by atoms with van der Waals surface area (Å²) in [6, 6.07) is 2.33. The normalized spacial score (nSPS) is 24.2. The SMILES string of the molecule is O=C(NC1CC1)C1CCC(Cn2c(=S)[nH]c3ccsc3c2=O)CC1. The van der Waals surface area contributed by atoms with E-state index in [1.165, 1.54) is 11.3 Å². The summed E-state index contributed by atoms with van der Waals surface area (Å²) >= 11 is 6.82. The maximum absolute atomic E-state index is 12.6. The number of aromatic nitrogens is 2. The van der Waals surface area contributed by atoms with Crippen molar-refractivity contribution in [2.45, 2.75) is 51.1 Å². The summed E-state index contributed by atoms with van der Waals surface area (Å²) < 4.78 is 2.93. The molecular weight excluding hydrogens is 342 g/mol. The molecule has 2 aromatic rings. The average Bonchev–Trinajstić information content (AvgIpc) is 3.26. The molecule has 0 bridgehead atoms. The number of carbonyl (C=O) groups excluding carboxylic acids is 1. The van der Waals surface area contributed by atoms with Crippen LogP contribution in [-0.4, -0.2) is 21.5 Å². The van der Waals surface area contributed by atoms with Gasteiger partial charge in [-0.2, -0.15) is 0 Å². The third-order valence-corrected chi connectivity index (χ3v) is 6.40. The van der Waals surface area contributed by atoms with Gasteiger partial charge >= 0.3 is 0 Å². The summed E-state index contributed by atoms with van der Waals surface area (Å²) in [6.45, 7) is 0.652. The number of H-pyrrole nitrogens is 1. The molecule has 0 spiro atoms. The molecule has 128 valence electrons. The van der Waals surface area contributed by atoms with Gasteiger partial charge in [0.2, 0.25) is 5.91 Å². The zero-order valence-corrected chi connectivity index (χ0v) is 15.0. The fourth-order valence-electron chi connectivity index (χ4n) is 3.55. The molecule has 0 aromatic carbocycles. The van der Waals surface area contributed by atoms with Crippen molar-refractivity contribution in [1.29, 1.82) is 0 Å². The molecule has 2 saturated carbocycles. The van der Waals surface area contributed by atoms with Crippen molar-refractivity contribution in [1.82, 2.24) is 14.9 Å². The predicted molar refractivity (Wildman–Crippen MR) is 97.9 cm³/mol. The van der Waals surface area contributed by atoms with E-state index in [1.54, 1.807) is 4.57 Å². The Morgan fingerprint density at radius 1 is 1.29 bits per heavy atom. The Hall–Kier alpha value is -1.47. The second-order valence-electron chi connectivity index (χ2n) is 7.01. The van der Waals surface area contributed by atoms with Gasteiger partial charge in [-0.25, -0.2) is 0 Å². The average molecular weight is 364 g/mol. The molecule has 2 aliphatic carbocycles. The maximum atomic E-state index is 12.6. The van der Waals surface area contributed by atoms with Crippen LogP contribution < -0.4 is 10.9 Å². The van der Waals surface area contributed by atoms with Crippen LogP contribution in [0.2, 0.25) is 0 Å². The molecule has 0 aliphatic heterocycles. The van der Waals surface area contributed by atoms with Crippen LogP contribution in [0.25, 0.3) is 10.2 Å². The topological polar surface area (TPSA) is 66.9 Å². The quantitative estimate of drug-likeness (QED) is 0.820. The first-order valence-electron chi connectivity index (χ1n) is 8.62. The van der Waals surface area contributed by atoms with Crippen LogP contribution in [0.4, 0.5) is 0 Å².